The molecule has 0 aliphatic heterocycles. The van der Waals surface area contributed by atoms with Gasteiger partial charge in [0.15, 0.2) is 5.78 Å². The molecule has 4 bridgehead atoms. The molecule has 2 aromatic rings. The van der Waals surface area contributed by atoms with E-state index in [0.717, 1.165) is 36.7 Å². The molecule has 6 rings (SSSR count). The zero-order valence-electron chi connectivity index (χ0n) is 17.5. The van der Waals surface area contributed by atoms with Crippen LogP contribution in [0.3, 0.4) is 0 Å². The van der Waals surface area contributed by atoms with Crippen molar-refractivity contribution in [1.29, 1.82) is 0 Å². The van der Waals surface area contributed by atoms with Gasteiger partial charge in [-0.25, -0.2) is 4.98 Å². The number of hydrogen-bond acceptors (Lipinski definition) is 4. The molecule has 162 valence electrons. The molecule has 30 heavy (non-hydrogen) atoms. The average molecular weight is 437 g/mol. The van der Waals surface area contributed by atoms with Gasteiger partial charge < -0.3 is 5.73 Å². The summed E-state index contributed by atoms with van der Waals surface area (Å²) < 4.78 is 41.8. The lowest BCUT2D eigenvalue weighted by molar-refractivity contribution is -0.136. The number of fused-ring (bicyclic) bond motifs is 1. The lowest BCUT2D eigenvalue weighted by atomic mass is 9.48. The van der Waals surface area contributed by atoms with Crippen LogP contribution in [0.25, 0.3) is 10.2 Å². The molecule has 7 heteroatoms. The number of halogens is 3. The fourth-order valence-electron chi connectivity index (χ4n) is 6.53. The first-order chi connectivity index (χ1) is 13.9. The van der Waals surface area contributed by atoms with E-state index in [1.54, 1.807) is 0 Å². The van der Waals surface area contributed by atoms with Gasteiger partial charge in [0.25, 0.3) is 0 Å². The first kappa shape index (κ1) is 20.3. The molecule has 3 nitrogen and oxygen atoms in total. The number of alkyl halides is 3. The van der Waals surface area contributed by atoms with Gasteiger partial charge in [-0.3, -0.25) is 4.79 Å². The molecule has 4 fully saturated rings. The van der Waals surface area contributed by atoms with Crippen molar-refractivity contribution in [2.75, 3.05) is 5.73 Å². The van der Waals surface area contributed by atoms with E-state index in [0.29, 0.717) is 23.4 Å². The van der Waals surface area contributed by atoms with E-state index in [1.165, 1.54) is 19.3 Å². The van der Waals surface area contributed by atoms with E-state index < -0.39 is 22.6 Å². The number of aromatic nitrogens is 1. The van der Waals surface area contributed by atoms with Crippen LogP contribution in [0.2, 0.25) is 0 Å². The number of ketones is 1. The number of thiophene rings is 1. The minimum atomic E-state index is -4.56. The third-order valence-corrected chi connectivity index (χ3v) is 8.60. The molecule has 0 spiro atoms. The minimum absolute atomic E-state index is 0.0315. The molecule has 0 radical (unpaired) electrons. The third-order valence-electron chi connectivity index (χ3n) is 7.50. The van der Waals surface area contributed by atoms with Gasteiger partial charge in [-0.2, -0.15) is 13.2 Å². The Labute approximate surface area is 178 Å². The number of hydrogen-bond donors (Lipinski definition) is 1. The zero-order chi connectivity index (χ0) is 21.6. The SMILES string of the molecule is CC(C)(C)c1cc(C(F)(F)F)c2c(N)c(C(=O)C34CC5CC(CC(C5)C3)C4)sc2n1. The maximum Gasteiger partial charge on any atom is 0.417 e. The van der Waals surface area contributed by atoms with Gasteiger partial charge in [-0.1, -0.05) is 20.8 Å². The quantitative estimate of drug-likeness (QED) is 0.540. The van der Waals surface area contributed by atoms with E-state index in [-0.39, 0.29) is 26.6 Å². The van der Waals surface area contributed by atoms with Crippen molar-refractivity contribution >= 4 is 33.0 Å². The molecule has 2 N–H and O–H groups in total. The zero-order valence-corrected chi connectivity index (χ0v) is 18.3. The van der Waals surface area contributed by atoms with Crippen LogP contribution in [0.1, 0.15) is 80.2 Å². The Kier molecular flexibility index (Phi) is 4.20. The Balaban J connectivity index is 1.66. The Hall–Kier alpha value is -1.63. The van der Waals surface area contributed by atoms with Crippen molar-refractivity contribution in [3.8, 4) is 0 Å². The number of nitrogen functional groups attached to an aromatic ring is 1. The molecular formula is C23H27F3N2OS. The van der Waals surface area contributed by atoms with Crippen molar-refractivity contribution in [3.05, 3.63) is 22.2 Å². The van der Waals surface area contributed by atoms with Gasteiger partial charge in [0.1, 0.15) is 4.83 Å². The largest absolute Gasteiger partial charge is 0.417 e. The summed E-state index contributed by atoms with van der Waals surface area (Å²) in [5.41, 5.74) is 4.83. The van der Waals surface area contributed by atoms with Gasteiger partial charge in [0.2, 0.25) is 0 Å². The molecule has 0 aromatic carbocycles. The average Bonchev–Trinajstić information content (AvgIpc) is 2.94. The Morgan fingerprint density at radius 1 is 1.10 bits per heavy atom. The number of anilines is 1. The smallest absolute Gasteiger partial charge is 0.397 e. The van der Waals surface area contributed by atoms with Crippen LogP contribution in [-0.2, 0) is 11.6 Å². The molecule has 4 saturated carbocycles. The molecule has 0 amide bonds. The molecule has 2 heterocycles. The highest BCUT2D eigenvalue weighted by Gasteiger charge is 2.55. The van der Waals surface area contributed by atoms with E-state index in [4.69, 9.17) is 5.73 Å². The van der Waals surface area contributed by atoms with Crippen molar-refractivity contribution < 1.29 is 18.0 Å². The third kappa shape index (κ3) is 2.99. The highest BCUT2D eigenvalue weighted by Crippen LogP contribution is 2.61. The maximum atomic E-state index is 13.9. The number of nitrogens with zero attached hydrogens (tertiary/aromatic N) is 1. The molecule has 4 aliphatic rings. The van der Waals surface area contributed by atoms with Gasteiger partial charge in [-0.05, 0) is 62.3 Å². The second-order valence-electron chi connectivity index (χ2n) is 10.9. The summed E-state index contributed by atoms with van der Waals surface area (Å²) in [5.74, 6) is 1.69. The second-order valence-corrected chi connectivity index (χ2v) is 11.9. The standard InChI is InChI=1S/C23H27F3N2OS/c1-21(2,3)15-7-14(23(24,25)26)16-17(27)18(30-20(16)28-15)19(29)22-8-11-4-12(9-22)6-13(5-11)10-22/h7,11-13H,4-6,8-10,27H2,1-3H3. The predicted octanol–water partition coefficient (Wildman–Crippen LogP) is 6.59. The van der Waals surface area contributed by atoms with Crippen molar-refractivity contribution in [2.24, 2.45) is 23.2 Å². The summed E-state index contributed by atoms with van der Waals surface area (Å²) in [6, 6.07) is 1.10. The molecular weight excluding hydrogens is 409 g/mol. The summed E-state index contributed by atoms with van der Waals surface area (Å²) in [6.07, 6.45) is 1.61. The van der Waals surface area contributed by atoms with E-state index in [1.807, 2.05) is 20.8 Å². The van der Waals surface area contributed by atoms with Gasteiger partial charge in [0, 0.05) is 21.9 Å². The topological polar surface area (TPSA) is 56.0 Å². The van der Waals surface area contributed by atoms with E-state index in [2.05, 4.69) is 4.98 Å². The number of nitrogens with two attached hydrogens (primary N) is 1. The van der Waals surface area contributed by atoms with Crippen LogP contribution in [-0.4, -0.2) is 10.8 Å². The molecule has 0 atom stereocenters. The van der Waals surface area contributed by atoms with Crippen LogP contribution < -0.4 is 5.73 Å². The Bertz CT molecular complexity index is 1010. The van der Waals surface area contributed by atoms with Crippen LogP contribution in [0.4, 0.5) is 18.9 Å². The number of carbonyl (C=O) groups excluding carboxylic acids is 1. The first-order valence-corrected chi connectivity index (χ1v) is 11.5. The number of carbonyl (C=O) groups is 1. The van der Waals surface area contributed by atoms with Crippen LogP contribution in [0.15, 0.2) is 6.07 Å². The van der Waals surface area contributed by atoms with Crippen molar-refractivity contribution in [3.63, 3.8) is 0 Å². The van der Waals surface area contributed by atoms with Gasteiger partial charge in [0.05, 0.1) is 16.1 Å². The van der Waals surface area contributed by atoms with Gasteiger partial charge >= 0.3 is 6.18 Å². The molecule has 4 aliphatic carbocycles. The monoisotopic (exact) mass is 436 g/mol. The molecule has 0 unspecified atom stereocenters. The van der Waals surface area contributed by atoms with Crippen LogP contribution in [0, 0.1) is 23.2 Å². The first-order valence-electron chi connectivity index (χ1n) is 10.7. The van der Waals surface area contributed by atoms with E-state index in [9.17, 15) is 18.0 Å². The van der Waals surface area contributed by atoms with Crippen molar-refractivity contribution in [1.82, 2.24) is 4.98 Å². The lowest BCUT2D eigenvalue weighted by Gasteiger charge is -2.55. The summed E-state index contributed by atoms with van der Waals surface area (Å²) in [4.78, 5) is 18.8. The summed E-state index contributed by atoms with van der Waals surface area (Å²) in [6.45, 7) is 5.50. The summed E-state index contributed by atoms with van der Waals surface area (Å²) >= 11 is 1.06. The van der Waals surface area contributed by atoms with Gasteiger partial charge in [-0.15, -0.1) is 11.3 Å². The van der Waals surface area contributed by atoms with Crippen molar-refractivity contribution in [2.45, 2.75) is 70.9 Å². The van der Waals surface area contributed by atoms with Crippen LogP contribution >= 0.6 is 11.3 Å². The number of pyridine rings is 1. The summed E-state index contributed by atoms with van der Waals surface area (Å²) in [7, 11) is 0. The normalized spacial score (nSPS) is 30.9. The minimum Gasteiger partial charge on any atom is -0.397 e. The highest BCUT2D eigenvalue weighted by molar-refractivity contribution is 7.21. The summed E-state index contributed by atoms with van der Waals surface area (Å²) in [5, 5.41) is -0.103. The fraction of sp³-hybridized carbons (Fsp3) is 0.652. The second kappa shape index (κ2) is 6.21. The Morgan fingerprint density at radius 3 is 2.10 bits per heavy atom. The van der Waals surface area contributed by atoms with Crippen LogP contribution in [0.5, 0.6) is 0 Å². The highest BCUT2D eigenvalue weighted by atomic mass is 32.1. The number of Topliss-reactive ketones (excluding diaryl/α,β-unsaturated/α-hetero) is 1. The Morgan fingerprint density at radius 2 is 1.63 bits per heavy atom. The predicted molar refractivity (Wildman–Crippen MR) is 113 cm³/mol. The lowest BCUT2D eigenvalue weighted by Crippen LogP contribution is -2.49. The maximum absolute atomic E-state index is 13.9. The molecule has 0 saturated heterocycles. The van der Waals surface area contributed by atoms with E-state index >= 15 is 0 Å². The molecule has 2 aromatic heterocycles. The number of rotatable bonds is 2. The fourth-order valence-corrected chi connectivity index (χ4v) is 7.71.